The number of hydrogen-bond acceptors (Lipinski definition) is 5. The first-order valence-electron chi connectivity index (χ1n) is 7.86. The third-order valence-electron chi connectivity index (χ3n) is 5.29. The van der Waals surface area contributed by atoms with Gasteiger partial charge in [-0.25, -0.2) is 13.4 Å². The van der Waals surface area contributed by atoms with Crippen molar-refractivity contribution in [2.75, 3.05) is 29.5 Å². The lowest BCUT2D eigenvalue weighted by molar-refractivity contribution is -0.147. The largest absolute Gasteiger partial charge is 0.481 e. The second kappa shape index (κ2) is 4.92. The van der Waals surface area contributed by atoms with Gasteiger partial charge in [0.25, 0.3) is 0 Å². The van der Waals surface area contributed by atoms with Crippen LogP contribution in [0, 0.1) is 18.3 Å². The highest BCUT2D eigenvalue weighted by molar-refractivity contribution is 7.91. The highest BCUT2D eigenvalue weighted by atomic mass is 32.2. The summed E-state index contributed by atoms with van der Waals surface area (Å²) in [4.78, 5) is 18.4. The van der Waals surface area contributed by atoms with Gasteiger partial charge in [0.1, 0.15) is 11.2 Å². The van der Waals surface area contributed by atoms with Crippen LogP contribution in [0.5, 0.6) is 0 Å². The van der Waals surface area contributed by atoms with Crippen molar-refractivity contribution in [3.63, 3.8) is 0 Å². The van der Waals surface area contributed by atoms with Crippen LogP contribution in [0.4, 0.5) is 5.82 Å². The standard InChI is InChI=1S/C17H18N2O4S/c1-11-3-2-4-12-5-6-14(18-15(11)12)19-7-13-8-24(22,23)10-17(13,9-19)16(20)21/h2-6,13H,7-10H2,1H3,(H,20,21)/t13-,17-/m1/s1. The van der Waals surface area contributed by atoms with Gasteiger partial charge in [-0.3, -0.25) is 4.79 Å². The van der Waals surface area contributed by atoms with Crippen molar-refractivity contribution in [3.05, 3.63) is 35.9 Å². The van der Waals surface area contributed by atoms with Crippen molar-refractivity contribution in [2.45, 2.75) is 6.92 Å². The molecule has 2 aliphatic rings. The molecule has 0 unspecified atom stereocenters. The summed E-state index contributed by atoms with van der Waals surface area (Å²) < 4.78 is 23.8. The lowest BCUT2D eigenvalue weighted by atomic mass is 9.81. The summed E-state index contributed by atoms with van der Waals surface area (Å²) in [5, 5.41) is 10.7. The number of carboxylic acid groups (broad SMARTS) is 1. The van der Waals surface area contributed by atoms with Gasteiger partial charge in [-0.1, -0.05) is 18.2 Å². The van der Waals surface area contributed by atoms with E-state index in [2.05, 4.69) is 0 Å². The van der Waals surface area contributed by atoms with Crippen LogP contribution in [0.1, 0.15) is 5.56 Å². The molecule has 2 fully saturated rings. The van der Waals surface area contributed by atoms with Crippen LogP contribution >= 0.6 is 0 Å². The van der Waals surface area contributed by atoms with Gasteiger partial charge >= 0.3 is 5.97 Å². The fraction of sp³-hybridized carbons (Fsp3) is 0.412. The number of nitrogens with zero attached hydrogens (tertiary/aromatic N) is 2. The van der Waals surface area contributed by atoms with E-state index in [1.54, 1.807) is 0 Å². The Morgan fingerprint density at radius 1 is 1.33 bits per heavy atom. The summed E-state index contributed by atoms with van der Waals surface area (Å²) in [7, 11) is -3.28. The third-order valence-corrected chi connectivity index (χ3v) is 7.15. The average molecular weight is 346 g/mol. The minimum Gasteiger partial charge on any atom is -0.481 e. The molecule has 1 aromatic heterocycles. The molecule has 7 heteroatoms. The van der Waals surface area contributed by atoms with E-state index >= 15 is 0 Å². The fourth-order valence-electron chi connectivity index (χ4n) is 4.05. The molecule has 4 rings (SSSR count). The van der Waals surface area contributed by atoms with Crippen LogP contribution in [0.2, 0.25) is 0 Å². The molecule has 0 spiro atoms. The van der Waals surface area contributed by atoms with Crippen LogP contribution in [0.15, 0.2) is 30.3 Å². The van der Waals surface area contributed by atoms with Gasteiger partial charge in [-0.05, 0) is 24.6 Å². The SMILES string of the molecule is Cc1cccc2ccc(N3C[C@@H]4CS(=O)(=O)C[C@]4(C(=O)O)C3)nc12. The molecule has 3 heterocycles. The van der Waals surface area contributed by atoms with E-state index in [1.807, 2.05) is 42.2 Å². The molecule has 2 aliphatic heterocycles. The van der Waals surface area contributed by atoms with Crippen molar-refractivity contribution in [1.29, 1.82) is 0 Å². The molecule has 6 nitrogen and oxygen atoms in total. The van der Waals surface area contributed by atoms with Gasteiger partial charge < -0.3 is 10.0 Å². The van der Waals surface area contributed by atoms with Gasteiger partial charge in [0, 0.05) is 24.4 Å². The number of aryl methyl sites for hydroxylation is 1. The van der Waals surface area contributed by atoms with Crippen molar-refractivity contribution in [1.82, 2.24) is 4.98 Å². The van der Waals surface area contributed by atoms with Gasteiger partial charge in [0.05, 0.1) is 17.0 Å². The lowest BCUT2D eigenvalue weighted by Crippen LogP contribution is -2.39. The summed E-state index contributed by atoms with van der Waals surface area (Å²) in [5.74, 6) is -1.02. The van der Waals surface area contributed by atoms with E-state index in [1.165, 1.54) is 0 Å². The van der Waals surface area contributed by atoms with E-state index in [-0.39, 0.29) is 24.0 Å². The smallest absolute Gasteiger partial charge is 0.312 e. The normalized spacial score (nSPS) is 28.2. The second-order valence-corrected chi connectivity index (χ2v) is 9.02. The Hall–Kier alpha value is -2.15. The summed E-state index contributed by atoms with van der Waals surface area (Å²) in [5.41, 5.74) is 0.745. The van der Waals surface area contributed by atoms with Gasteiger partial charge in [0.15, 0.2) is 9.84 Å². The molecule has 0 amide bonds. The van der Waals surface area contributed by atoms with Crippen LogP contribution in [-0.2, 0) is 14.6 Å². The van der Waals surface area contributed by atoms with Crippen LogP contribution in [0.3, 0.4) is 0 Å². The first-order valence-corrected chi connectivity index (χ1v) is 9.68. The molecular weight excluding hydrogens is 328 g/mol. The highest BCUT2D eigenvalue weighted by Crippen LogP contribution is 2.45. The number of benzene rings is 1. The number of hydrogen-bond donors (Lipinski definition) is 1. The molecular formula is C17H18N2O4S. The number of aliphatic carboxylic acids is 1. The zero-order valence-electron chi connectivity index (χ0n) is 13.3. The van der Waals surface area contributed by atoms with E-state index in [0.29, 0.717) is 12.4 Å². The number of rotatable bonds is 2. The number of sulfone groups is 1. The van der Waals surface area contributed by atoms with E-state index < -0.39 is 21.2 Å². The van der Waals surface area contributed by atoms with Crippen molar-refractivity contribution in [2.24, 2.45) is 11.3 Å². The van der Waals surface area contributed by atoms with E-state index in [9.17, 15) is 18.3 Å². The Kier molecular flexibility index (Phi) is 3.16. The van der Waals surface area contributed by atoms with Crippen LogP contribution < -0.4 is 4.90 Å². The zero-order valence-corrected chi connectivity index (χ0v) is 14.1. The quantitative estimate of drug-likeness (QED) is 0.886. The first kappa shape index (κ1) is 15.4. The zero-order chi connectivity index (χ0) is 17.1. The topological polar surface area (TPSA) is 87.6 Å². The molecule has 0 saturated carbocycles. The van der Waals surface area contributed by atoms with E-state index in [4.69, 9.17) is 4.98 Å². The highest BCUT2D eigenvalue weighted by Gasteiger charge is 2.60. The maximum absolute atomic E-state index is 11.9. The molecule has 2 aromatic rings. The van der Waals surface area contributed by atoms with Gasteiger partial charge in [-0.15, -0.1) is 0 Å². The number of aromatic nitrogens is 1. The number of para-hydroxylation sites is 1. The minimum atomic E-state index is -3.28. The Morgan fingerprint density at radius 3 is 2.83 bits per heavy atom. The third kappa shape index (κ3) is 2.18. The van der Waals surface area contributed by atoms with Crippen LogP contribution in [-0.4, -0.2) is 49.1 Å². The molecule has 0 aliphatic carbocycles. The number of carbonyl (C=O) groups is 1. The van der Waals surface area contributed by atoms with E-state index in [0.717, 1.165) is 16.5 Å². The molecule has 2 saturated heterocycles. The molecule has 126 valence electrons. The van der Waals surface area contributed by atoms with Crippen molar-refractivity contribution >= 4 is 32.5 Å². The number of pyridine rings is 1. The summed E-state index contributed by atoms with van der Waals surface area (Å²) >= 11 is 0. The molecule has 0 radical (unpaired) electrons. The summed E-state index contributed by atoms with van der Waals surface area (Å²) in [6.45, 7) is 2.59. The number of anilines is 1. The fourth-order valence-corrected chi connectivity index (χ4v) is 6.44. The minimum absolute atomic E-state index is 0.0532. The van der Waals surface area contributed by atoms with Gasteiger partial charge in [0.2, 0.25) is 0 Å². The Labute approximate surface area is 140 Å². The molecule has 0 bridgehead atoms. The Morgan fingerprint density at radius 2 is 2.12 bits per heavy atom. The first-order chi connectivity index (χ1) is 11.3. The predicted octanol–water partition coefficient (Wildman–Crippen LogP) is 1.48. The number of carboxylic acids is 1. The Bertz CT molecular complexity index is 956. The average Bonchev–Trinajstić information content (AvgIpc) is 2.97. The van der Waals surface area contributed by atoms with Crippen molar-refractivity contribution in [3.8, 4) is 0 Å². The maximum Gasteiger partial charge on any atom is 0.312 e. The van der Waals surface area contributed by atoms with Crippen LogP contribution in [0.25, 0.3) is 10.9 Å². The molecule has 1 N–H and O–H groups in total. The molecule has 2 atom stereocenters. The summed E-state index contributed by atoms with van der Waals surface area (Å²) in [6, 6.07) is 9.81. The monoisotopic (exact) mass is 346 g/mol. The van der Waals surface area contributed by atoms with Gasteiger partial charge in [-0.2, -0.15) is 0 Å². The van der Waals surface area contributed by atoms with Crippen molar-refractivity contribution < 1.29 is 18.3 Å². The Balaban J connectivity index is 1.73. The molecule has 1 aromatic carbocycles. The maximum atomic E-state index is 11.9. The lowest BCUT2D eigenvalue weighted by Gasteiger charge is -2.23. The summed E-state index contributed by atoms with van der Waals surface area (Å²) in [6.07, 6.45) is 0. The molecule has 24 heavy (non-hydrogen) atoms. The number of fused-ring (bicyclic) bond motifs is 2. The second-order valence-electron chi connectivity index (χ2n) is 6.91. The predicted molar refractivity (Wildman–Crippen MR) is 90.9 cm³/mol.